The molecule has 114 valence electrons. The molecule has 2 heterocycles. The van der Waals surface area contributed by atoms with E-state index in [1.807, 2.05) is 19.1 Å². The van der Waals surface area contributed by atoms with Gasteiger partial charge in [0.25, 0.3) is 0 Å². The lowest BCUT2D eigenvalue weighted by Gasteiger charge is -2.08. The Bertz CT molecular complexity index is 508. The van der Waals surface area contributed by atoms with Gasteiger partial charge in [-0.1, -0.05) is 25.6 Å². The Kier molecular flexibility index (Phi) is 6.33. The van der Waals surface area contributed by atoms with Crippen molar-refractivity contribution < 1.29 is 9.15 Å². The molecule has 6 nitrogen and oxygen atoms in total. The first-order valence-electron chi connectivity index (χ1n) is 7.09. The van der Waals surface area contributed by atoms with E-state index in [0.29, 0.717) is 29.5 Å². The van der Waals surface area contributed by atoms with Crippen molar-refractivity contribution in [3.8, 4) is 6.01 Å². The summed E-state index contributed by atoms with van der Waals surface area (Å²) in [5.41, 5.74) is 0. The summed E-state index contributed by atoms with van der Waals surface area (Å²) < 4.78 is 10.8. The number of hydrogen-bond donors (Lipinski definition) is 1. The summed E-state index contributed by atoms with van der Waals surface area (Å²) in [6.45, 7) is 5.55. The van der Waals surface area contributed by atoms with Crippen molar-refractivity contribution in [3.63, 3.8) is 0 Å². The fraction of sp³-hybridized carbons (Fsp3) is 0.500. The van der Waals surface area contributed by atoms with Gasteiger partial charge in [0.1, 0.15) is 5.76 Å². The number of thioether (sulfide) groups is 1. The lowest BCUT2D eigenvalue weighted by atomic mass is 10.5. The van der Waals surface area contributed by atoms with Gasteiger partial charge in [0, 0.05) is 6.54 Å². The predicted molar refractivity (Wildman–Crippen MR) is 82.7 cm³/mol. The molecule has 0 aliphatic carbocycles. The van der Waals surface area contributed by atoms with Gasteiger partial charge in [-0.25, -0.2) is 0 Å². The van der Waals surface area contributed by atoms with Crippen LogP contribution in [0.25, 0.3) is 0 Å². The van der Waals surface area contributed by atoms with Crippen LogP contribution in [-0.4, -0.2) is 28.1 Å². The summed E-state index contributed by atoms with van der Waals surface area (Å²) in [7, 11) is 0. The average Bonchev–Trinajstić information content (AvgIpc) is 3.02. The Balaban J connectivity index is 2.05. The number of rotatable bonds is 9. The monoisotopic (exact) mass is 308 g/mol. The van der Waals surface area contributed by atoms with Gasteiger partial charge < -0.3 is 14.5 Å². The Morgan fingerprint density at radius 1 is 1.24 bits per heavy atom. The topological polar surface area (TPSA) is 73.1 Å². The van der Waals surface area contributed by atoms with Crippen molar-refractivity contribution in [2.75, 3.05) is 18.5 Å². The molecule has 2 aromatic rings. The highest BCUT2D eigenvalue weighted by molar-refractivity contribution is 7.98. The van der Waals surface area contributed by atoms with Gasteiger partial charge in [-0.2, -0.15) is 15.0 Å². The highest BCUT2D eigenvalue weighted by Gasteiger charge is 2.09. The largest absolute Gasteiger partial charge is 0.468 e. The van der Waals surface area contributed by atoms with E-state index in [1.165, 1.54) is 11.8 Å². The van der Waals surface area contributed by atoms with Crippen LogP contribution < -0.4 is 10.1 Å². The van der Waals surface area contributed by atoms with Crippen LogP contribution in [0, 0.1) is 0 Å². The SMILES string of the molecule is CCCNc1nc(OCCC)nc(SCc2ccco2)n1. The Morgan fingerprint density at radius 3 is 2.86 bits per heavy atom. The van der Waals surface area contributed by atoms with Crippen molar-refractivity contribution in [2.45, 2.75) is 37.6 Å². The maximum absolute atomic E-state index is 5.51. The van der Waals surface area contributed by atoms with Gasteiger partial charge in [-0.15, -0.1) is 0 Å². The molecular formula is C14H20N4O2S. The van der Waals surface area contributed by atoms with Crippen LogP contribution in [0.15, 0.2) is 28.0 Å². The van der Waals surface area contributed by atoms with E-state index in [2.05, 4.69) is 27.2 Å². The zero-order valence-electron chi connectivity index (χ0n) is 12.3. The quantitative estimate of drug-likeness (QED) is 0.712. The number of aromatic nitrogens is 3. The molecule has 0 saturated heterocycles. The minimum Gasteiger partial charge on any atom is -0.468 e. The molecule has 0 saturated carbocycles. The van der Waals surface area contributed by atoms with Crippen molar-refractivity contribution in [3.05, 3.63) is 24.2 Å². The molecule has 21 heavy (non-hydrogen) atoms. The summed E-state index contributed by atoms with van der Waals surface area (Å²) in [5.74, 6) is 2.12. The first-order chi connectivity index (χ1) is 10.3. The van der Waals surface area contributed by atoms with Gasteiger partial charge in [-0.3, -0.25) is 0 Å². The third-order valence-corrected chi connectivity index (χ3v) is 3.36. The molecule has 0 aliphatic heterocycles. The second kappa shape index (κ2) is 8.51. The van der Waals surface area contributed by atoms with Crippen molar-refractivity contribution in [1.29, 1.82) is 0 Å². The molecular weight excluding hydrogens is 288 g/mol. The molecule has 0 aromatic carbocycles. The summed E-state index contributed by atoms with van der Waals surface area (Å²) in [6.07, 6.45) is 3.58. The first kappa shape index (κ1) is 15.6. The lowest BCUT2D eigenvalue weighted by Crippen LogP contribution is -2.09. The molecule has 1 N–H and O–H groups in total. The van der Waals surface area contributed by atoms with Crippen LogP contribution in [0.4, 0.5) is 5.95 Å². The van der Waals surface area contributed by atoms with E-state index in [1.54, 1.807) is 6.26 Å². The minimum absolute atomic E-state index is 0.368. The maximum atomic E-state index is 5.51. The predicted octanol–water partition coefficient (Wildman–Crippen LogP) is 3.37. The fourth-order valence-electron chi connectivity index (χ4n) is 1.51. The molecule has 0 bridgehead atoms. The Morgan fingerprint density at radius 2 is 2.14 bits per heavy atom. The van der Waals surface area contributed by atoms with Crippen LogP contribution in [0.5, 0.6) is 6.01 Å². The summed E-state index contributed by atoms with van der Waals surface area (Å²) in [5, 5.41) is 3.80. The number of nitrogens with zero attached hydrogens (tertiary/aromatic N) is 3. The minimum atomic E-state index is 0.368. The molecule has 0 aliphatic rings. The van der Waals surface area contributed by atoms with Gasteiger partial charge in [-0.05, 0) is 25.0 Å². The molecule has 2 rings (SSSR count). The second-order valence-corrected chi connectivity index (χ2v) is 5.31. The molecule has 0 atom stereocenters. The van der Waals surface area contributed by atoms with Crippen molar-refractivity contribution in [2.24, 2.45) is 0 Å². The zero-order chi connectivity index (χ0) is 14.9. The van der Waals surface area contributed by atoms with E-state index < -0.39 is 0 Å². The van der Waals surface area contributed by atoms with E-state index >= 15 is 0 Å². The average molecular weight is 308 g/mol. The molecule has 0 unspecified atom stereocenters. The number of ether oxygens (including phenoxy) is 1. The standard InChI is InChI=1S/C14H20N4O2S/c1-3-7-15-12-16-13(20-8-4-2)18-14(17-12)21-10-11-6-5-9-19-11/h5-6,9H,3-4,7-8,10H2,1-2H3,(H,15,16,17,18). The third kappa shape index (κ3) is 5.26. The third-order valence-electron chi connectivity index (χ3n) is 2.49. The van der Waals surface area contributed by atoms with E-state index in [4.69, 9.17) is 9.15 Å². The zero-order valence-corrected chi connectivity index (χ0v) is 13.2. The first-order valence-corrected chi connectivity index (χ1v) is 8.08. The van der Waals surface area contributed by atoms with Gasteiger partial charge >= 0.3 is 6.01 Å². The number of nitrogens with one attached hydrogen (secondary N) is 1. The summed E-state index contributed by atoms with van der Waals surface area (Å²) >= 11 is 1.50. The van der Waals surface area contributed by atoms with Crippen LogP contribution in [-0.2, 0) is 5.75 Å². The molecule has 0 spiro atoms. The fourth-order valence-corrected chi connectivity index (χ4v) is 2.24. The smallest absolute Gasteiger partial charge is 0.322 e. The molecule has 0 fully saturated rings. The summed E-state index contributed by atoms with van der Waals surface area (Å²) in [6, 6.07) is 4.17. The molecule has 0 radical (unpaired) electrons. The Hall–Kier alpha value is -1.76. The second-order valence-electron chi connectivity index (χ2n) is 4.37. The number of hydrogen-bond acceptors (Lipinski definition) is 7. The highest BCUT2D eigenvalue weighted by Crippen LogP contribution is 2.22. The van der Waals surface area contributed by atoms with Gasteiger partial charge in [0.2, 0.25) is 5.95 Å². The lowest BCUT2D eigenvalue weighted by molar-refractivity contribution is 0.288. The molecule has 7 heteroatoms. The van der Waals surface area contributed by atoms with Crippen LogP contribution in [0.1, 0.15) is 32.4 Å². The highest BCUT2D eigenvalue weighted by atomic mass is 32.2. The van der Waals surface area contributed by atoms with Crippen molar-refractivity contribution in [1.82, 2.24) is 15.0 Å². The van der Waals surface area contributed by atoms with E-state index in [-0.39, 0.29) is 0 Å². The maximum Gasteiger partial charge on any atom is 0.322 e. The number of anilines is 1. The normalized spacial score (nSPS) is 10.6. The Labute approximate surface area is 128 Å². The summed E-state index contributed by atoms with van der Waals surface area (Å²) in [4.78, 5) is 13.0. The van der Waals surface area contributed by atoms with Crippen LogP contribution in [0.3, 0.4) is 0 Å². The van der Waals surface area contributed by atoms with Crippen molar-refractivity contribution >= 4 is 17.7 Å². The van der Waals surface area contributed by atoms with Crippen LogP contribution in [0.2, 0.25) is 0 Å². The van der Waals surface area contributed by atoms with Gasteiger partial charge in [0.05, 0.1) is 18.6 Å². The van der Waals surface area contributed by atoms with Gasteiger partial charge in [0.15, 0.2) is 5.16 Å². The van der Waals surface area contributed by atoms with Crippen LogP contribution >= 0.6 is 11.8 Å². The number of furan rings is 1. The van der Waals surface area contributed by atoms with E-state index in [0.717, 1.165) is 25.1 Å². The van der Waals surface area contributed by atoms with E-state index in [9.17, 15) is 0 Å². The molecule has 0 amide bonds. The molecule has 2 aromatic heterocycles.